The molecule has 1 aromatic rings. The van der Waals surface area contributed by atoms with Crippen molar-refractivity contribution in [1.29, 1.82) is 0 Å². The minimum absolute atomic E-state index is 0.284. The van der Waals surface area contributed by atoms with Gasteiger partial charge in [0.25, 0.3) is 0 Å². The maximum atomic E-state index is 13.6. The van der Waals surface area contributed by atoms with Gasteiger partial charge in [0.05, 0.1) is 7.11 Å². The van der Waals surface area contributed by atoms with E-state index in [2.05, 4.69) is 16.0 Å². The van der Waals surface area contributed by atoms with E-state index in [0.717, 1.165) is 31.2 Å². The summed E-state index contributed by atoms with van der Waals surface area (Å²) in [5, 5.41) is 8.38. The van der Waals surface area contributed by atoms with Crippen LogP contribution in [0.3, 0.4) is 0 Å². The largest absolute Gasteiger partial charge is 0.467 e. The van der Waals surface area contributed by atoms with E-state index in [1.165, 1.54) is 7.11 Å². The maximum absolute atomic E-state index is 13.6. The zero-order chi connectivity index (χ0) is 24.1. The van der Waals surface area contributed by atoms with Crippen LogP contribution in [-0.4, -0.2) is 60.9 Å². The van der Waals surface area contributed by atoms with Gasteiger partial charge in [-0.1, -0.05) is 56.0 Å². The number of ether oxygens (including phenoxy) is 1. The van der Waals surface area contributed by atoms with Gasteiger partial charge in [-0.3, -0.25) is 14.4 Å². The average molecular weight is 478 g/mol. The van der Waals surface area contributed by atoms with Gasteiger partial charge in [0, 0.05) is 6.42 Å². The van der Waals surface area contributed by atoms with E-state index in [-0.39, 0.29) is 18.2 Å². The number of benzene rings is 1. The number of esters is 1. The molecule has 1 aromatic carbocycles. The number of nitrogens with one attached hydrogen (secondary N) is 3. The number of carbonyl (C=O) groups excluding carboxylic acids is 4. The molecule has 0 bridgehead atoms. The molecule has 1 fully saturated rings. The highest BCUT2D eigenvalue weighted by atomic mass is 32.2. The summed E-state index contributed by atoms with van der Waals surface area (Å²) < 4.78 is 4.93. The molecule has 182 valence electrons. The number of carbonyl (C=O) groups is 4. The van der Waals surface area contributed by atoms with Crippen LogP contribution in [0.25, 0.3) is 0 Å². The molecule has 9 heteroatoms. The molecule has 0 unspecified atom stereocenters. The molecule has 0 aromatic heterocycles. The minimum atomic E-state index is -1.14. The smallest absolute Gasteiger partial charge is 0.328 e. The zero-order valence-corrected chi connectivity index (χ0v) is 20.2. The van der Waals surface area contributed by atoms with Gasteiger partial charge in [-0.15, -0.1) is 0 Å². The highest BCUT2D eigenvalue weighted by molar-refractivity contribution is 7.98. The van der Waals surface area contributed by atoms with Crippen molar-refractivity contribution in [3.63, 3.8) is 0 Å². The molecular weight excluding hydrogens is 442 g/mol. The van der Waals surface area contributed by atoms with E-state index >= 15 is 0 Å². The average Bonchev–Trinajstić information content (AvgIpc) is 3.07. The number of hydrogen-bond donors (Lipinski definition) is 3. The van der Waals surface area contributed by atoms with Crippen molar-refractivity contribution in [3.8, 4) is 0 Å². The van der Waals surface area contributed by atoms with Crippen molar-refractivity contribution in [3.05, 3.63) is 35.9 Å². The molecule has 0 aliphatic heterocycles. The van der Waals surface area contributed by atoms with Crippen LogP contribution in [0.1, 0.15) is 50.5 Å². The van der Waals surface area contributed by atoms with Crippen LogP contribution >= 0.6 is 11.8 Å². The molecule has 8 nitrogen and oxygen atoms in total. The standard InChI is InChI=1S/C24H35N3O5S/c1-32-22(30)20(16-18-10-6-5-7-11-18)26-23(31)24(13-8-3-4-9-14-24)27-21(29)19(25-17-28)12-15-33-2/h5-7,10-11,17,19-20H,3-4,8-9,12-16H2,1-2H3,(H,25,28)(H,26,31)(H,27,29)/t19-,20-/m0/s1. The Kier molecular flexibility index (Phi) is 11.2. The maximum Gasteiger partial charge on any atom is 0.328 e. The van der Waals surface area contributed by atoms with Crippen molar-refractivity contribution < 1.29 is 23.9 Å². The van der Waals surface area contributed by atoms with E-state index in [0.29, 0.717) is 31.4 Å². The van der Waals surface area contributed by atoms with Crippen molar-refractivity contribution in [2.24, 2.45) is 0 Å². The van der Waals surface area contributed by atoms with Crippen molar-refractivity contribution in [1.82, 2.24) is 16.0 Å². The summed E-state index contributed by atoms with van der Waals surface area (Å²) in [5.74, 6) is -0.618. The van der Waals surface area contributed by atoms with Crippen LogP contribution in [0, 0.1) is 0 Å². The Morgan fingerprint density at radius 1 is 1.09 bits per heavy atom. The highest BCUT2D eigenvalue weighted by Gasteiger charge is 2.42. The summed E-state index contributed by atoms with van der Waals surface area (Å²) in [6.45, 7) is 0. The Bertz CT molecular complexity index is 782. The van der Waals surface area contributed by atoms with Gasteiger partial charge >= 0.3 is 5.97 Å². The first-order valence-electron chi connectivity index (χ1n) is 11.4. The Hall–Kier alpha value is -2.55. The highest BCUT2D eigenvalue weighted by Crippen LogP contribution is 2.28. The summed E-state index contributed by atoms with van der Waals surface area (Å²) in [6, 6.07) is 7.79. The first kappa shape index (κ1) is 26.7. The summed E-state index contributed by atoms with van der Waals surface area (Å²) in [5.41, 5.74) is -0.252. The fourth-order valence-corrected chi connectivity index (χ4v) is 4.62. The number of thioether (sulfide) groups is 1. The second kappa shape index (κ2) is 13.9. The van der Waals surface area contributed by atoms with Crippen LogP contribution in [0.15, 0.2) is 30.3 Å². The summed E-state index contributed by atoms with van der Waals surface area (Å²) in [4.78, 5) is 50.2. The lowest BCUT2D eigenvalue weighted by Gasteiger charge is -2.35. The first-order chi connectivity index (χ1) is 16.0. The van der Waals surface area contributed by atoms with Crippen LogP contribution in [0.2, 0.25) is 0 Å². The van der Waals surface area contributed by atoms with Crippen molar-refractivity contribution >= 4 is 36.0 Å². The molecule has 3 N–H and O–H groups in total. The Balaban J connectivity index is 2.24. The van der Waals surface area contributed by atoms with E-state index in [1.807, 2.05) is 36.6 Å². The van der Waals surface area contributed by atoms with E-state index < -0.39 is 23.6 Å². The number of amides is 3. The van der Waals surface area contributed by atoms with Gasteiger partial charge in [-0.05, 0) is 36.8 Å². The summed E-state index contributed by atoms with van der Waals surface area (Å²) >= 11 is 1.58. The quantitative estimate of drug-likeness (QED) is 0.241. The van der Waals surface area contributed by atoms with Gasteiger partial charge in [0.2, 0.25) is 18.2 Å². The molecule has 0 radical (unpaired) electrons. The number of rotatable bonds is 12. The third-order valence-electron chi connectivity index (χ3n) is 6.02. The predicted octanol–water partition coefficient (Wildman–Crippen LogP) is 1.96. The second-order valence-electron chi connectivity index (χ2n) is 8.34. The molecule has 0 saturated heterocycles. The Morgan fingerprint density at radius 2 is 1.76 bits per heavy atom. The molecule has 0 spiro atoms. The van der Waals surface area contributed by atoms with Gasteiger partial charge < -0.3 is 20.7 Å². The van der Waals surface area contributed by atoms with E-state index in [9.17, 15) is 19.2 Å². The molecule has 2 atom stereocenters. The molecule has 1 saturated carbocycles. The second-order valence-corrected chi connectivity index (χ2v) is 9.33. The van der Waals surface area contributed by atoms with E-state index in [4.69, 9.17) is 4.74 Å². The normalized spacial score (nSPS) is 17.0. The number of methoxy groups -OCH3 is 1. The SMILES string of the molecule is COC(=O)[C@H](Cc1ccccc1)NC(=O)C1(NC(=O)[C@H](CCSC)NC=O)CCCCCC1. The van der Waals surface area contributed by atoms with E-state index in [1.54, 1.807) is 11.8 Å². The Morgan fingerprint density at radius 3 is 2.33 bits per heavy atom. The van der Waals surface area contributed by atoms with Crippen LogP contribution in [-0.2, 0) is 30.3 Å². The van der Waals surface area contributed by atoms with Gasteiger partial charge in [0.1, 0.15) is 17.6 Å². The molecule has 0 heterocycles. The summed E-state index contributed by atoms with van der Waals surface area (Å²) in [7, 11) is 1.29. The molecule has 1 aliphatic carbocycles. The lowest BCUT2D eigenvalue weighted by atomic mass is 9.87. The van der Waals surface area contributed by atoms with Gasteiger partial charge in [0.15, 0.2) is 0 Å². The summed E-state index contributed by atoms with van der Waals surface area (Å²) in [6.07, 6.45) is 7.63. The fraction of sp³-hybridized carbons (Fsp3) is 0.583. The Labute approximate surface area is 200 Å². The number of hydrogen-bond acceptors (Lipinski definition) is 6. The van der Waals surface area contributed by atoms with Crippen LogP contribution < -0.4 is 16.0 Å². The lowest BCUT2D eigenvalue weighted by Crippen LogP contribution is -2.63. The first-order valence-corrected chi connectivity index (χ1v) is 12.8. The molecular formula is C24H35N3O5S. The molecule has 3 amide bonds. The lowest BCUT2D eigenvalue weighted by molar-refractivity contribution is -0.146. The van der Waals surface area contributed by atoms with Gasteiger partial charge in [-0.2, -0.15) is 11.8 Å². The topological polar surface area (TPSA) is 114 Å². The van der Waals surface area contributed by atoms with Crippen LogP contribution in [0.5, 0.6) is 0 Å². The van der Waals surface area contributed by atoms with Crippen molar-refractivity contribution in [2.75, 3.05) is 19.1 Å². The van der Waals surface area contributed by atoms with Crippen LogP contribution in [0.4, 0.5) is 0 Å². The molecule has 33 heavy (non-hydrogen) atoms. The van der Waals surface area contributed by atoms with Gasteiger partial charge in [-0.25, -0.2) is 4.79 Å². The predicted molar refractivity (Wildman–Crippen MR) is 129 cm³/mol. The third-order valence-corrected chi connectivity index (χ3v) is 6.67. The minimum Gasteiger partial charge on any atom is -0.467 e. The van der Waals surface area contributed by atoms with Crippen molar-refractivity contribution in [2.45, 2.75) is 69.0 Å². The molecule has 1 aliphatic rings. The monoisotopic (exact) mass is 477 g/mol. The molecule has 2 rings (SSSR count). The zero-order valence-electron chi connectivity index (χ0n) is 19.4. The third kappa shape index (κ3) is 8.07. The fourth-order valence-electron chi connectivity index (χ4n) is 4.15.